The quantitative estimate of drug-likeness (QED) is 0.705. The van der Waals surface area contributed by atoms with Crippen LogP contribution in [0.3, 0.4) is 0 Å². The van der Waals surface area contributed by atoms with Crippen molar-refractivity contribution in [3.05, 3.63) is 48.9 Å². The maximum Gasteiger partial charge on any atom is 0.181 e. The van der Waals surface area contributed by atoms with E-state index in [0.717, 1.165) is 22.6 Å². The van der Waals surface area contributed by atoms with Crippen LogP contribution >= 0.6 is 0 Å². The second-order valence-corrected chi connectivity index (χ2v) is 3.86. The van der Waals surface area contributed by atoms with Crippen molar-refractivity contribution in [3.63, 3.8) is 0 Å². The normalized spacial score (nSPS) is 10.7. The van der Waals surface area contributed by atoms with Crippen molar-refractivity contribution in [2.75, 3.05) is 6.61 Å². The molecule has 3 aromatic rings. The predicted octanol–water partition coefficient (Wildman–Crippen LogP) is 2.82. The Balaban J connectivity index is 2.20. The Morgan fingerprint density at radius 3 is 2.89 bits per heavy atom. The molecule has 0 amide bonds. The smallest absolute Gasteiger partial charge is 0.181 e. The molecule has 0 saturated heterocycles. The topological polar surface area (TPSA) is 39.9 Å². The number of pyridine rings is 1. The lowest BCUT2D eigenvalue weighted by Gasteiger charge is -2.09. The van der Waals surface area contributed by atoms with Gasteiger partial charge in [-0.05, 0) is 31.2 Å². The highest BCUT2D eigenvalue weighted by Crippen LogP contribution is 2.23. The van der Waals surface area contributed by atoms with Gasteiger partial charge in [-0.15, -0.1) is 0 Å². The molecular weight excluding hydrogens is 226 g/mol. The molecule has 2 aromatic heterocycles. The summed E-state index contributed by atoms with van der Waals surface area (Å²) in [6.07, 6.45) is 3.53. The molecule has 0 radical (unpaired) electrons. The average molecular weight is 239 g/mol. The molecule has 0 fully saturated rings. The molecule has 0 bridgehead atoms. The number of benzene rings is 1. The van der Waals surface area contributed by atoms with E-state index in [0.29, 0.717) is 6.61 Å². The van der Waals surface area contributed by atoms with Crippen molar-refractivity contribution in [2.24, 2.45) is 0 Å². The van der Waals surface area contributed by atoms with Gasteiger partial charge in [0.05, 0.1) is 17.6 Å². The van der Waals surface area contributed by atoms with E-state index in [1.807, 2.05) is 47.9 Å². The van der Waals surface area contributed by atoms with Crippen LogP contribution in [-0.4, -0.2) is 21.1 Å². The lowest BCUT2D eigenvalue weighted by atomic mass is 10.3. The zero-order chi connectivity index (χ0) is 12.4. The van der Waals surface area contributed by atoms with Crippen molar-refractivity contribution in [1.29, 1.82) is 0 Å². The average Bonchev–Trinajstić information content (AvgIpc) is 2.84. The number of fused-ring (bicyclic) bond motifs is 1. The number of hydrogen-bond acceptors (Lipinski definition) is 3. The first-order valence-electron chi connectivity index (χ1n) is 5.90. The maximum absolute atomic E-state index is 5.60. The van der Waals surface area contributed by atoms with E-state index < -0.39 is 0 Å². The van der Waals surface area contributed by atoms with Gasteiger partial charge in [0, 0.05) is 6.20 Å². The molecule has 4 heteroatoms. The van der Waals surface area contributed by atoms with Crippen LogP contribution in [0.25, 0.3) is 16.9 Å². The van der Waals surface area contributed by atoms with E-state index in [4.69, 9.17) is 4.74 Å². The van der Waals surface area contributed by atoms with Crippen LogP contribution in [-0.2, 0) is 0 Å². The molecular formula is C14H13N3O. The number of ether oxygens (including phenoxy) is 1. The minimum absolute atomic E-state index is 0.616. The Kier molecular flexibility index (Phi) is 2.68. The third-order valence-electron chi connectivity index (χ3n) is 2.73. The first kappa shape index (κ1) is 10.8. The molecule has 4 nitrogen and oxygen atoms in total. The van der Waals surface area contributed by atoms with Gasteiger partial charge < -0.3 is 4.74 Å². The maximum atomic E-state index is 5.60. The minimum atomic E-state index is 0.616. The lowest BCUT2D eigenvalue weighted by molar-refractivity contribution is 0.337. The molecule has 3 rings (SSSR count). The molecule has 1 aromatic carbocycles. The van der Waals surface area contributed by atoms with Gasteiger partial charge in [-0.2, -0.15) is 0 Å². The molecule has 0 aliphatic rings. The Labute approximate surface area is 105 Å². The van der Waals surface area contributed by atoms with Crippen LogP contribution in [0.15, 0.2) is 48.9 Å². The van der Waals surface area contributed by atoms with Crippen LogP contribution in [0.1, 0.15) is 6.92 Å². The molecule has 18 heavy (non-hydrogen) atoms. The fourth-order valence-electron chi connectivity index (χ4n) is 1.96. The van der Waals surface area contributed by atoms with Gasteiger partial charge in [0.25, 0.3) is 0 Å². The van der Waals surface area contributed by atoms with Crippen LogP contribution < -0.4 is 4.74 Å². The number of aromatic nitrogens is 3. The van der Waals surface area contributed by atoms with E-state index in [1.54, 1.807) is 12.5 Å². The van der Waals surface area contributed by atoms with Crippen LogP contribution in [0.2, 0.25) is 0 Å². The number of hydrogen-bond donors (Lipinski definition) is 0. The standard InChI is InChI=1S/C14H13N3O/c1-2-18-13-8-5-9-15-14(13)17-10-16-11-6-3-4-7-12(11)17/h3-10H,2H2,1H3. The summed E-state index contributed by atoms with van der Waals surface area (Å²) >= 11 is 0. The van der Waals surface area contributed by atoms with Crippen molar-refractivity contribution < 1.29 is 4.74 Å². The Hall–Kier alpha value is -2.36. The van der Waals surface area contributed by atoms with E-state index in [9.17, 15) is 0 Å². The first-order chi connectivity index (χ1) is 8.90. The summed E-state index contributed by atoms with van der Waals surface area (Å²) < 4.78 is 7.54. The van der Waals surface area contributed by atoms with Gasteiger partial charge in [0.15, 0.2) is 11.6 Å². The largest absolute Gasteiger partial charge is 0.490 e. The SMILES string of the molecule is CCOc1cccnc1-n1cnc2ccccc21. The highest BCUT2D eigenvalue weighted by Gasteiger charge is 2.09. The van der Waals surface area contributed by atoms with Gasteiger partial charge in [0.2, 0.25) is 0 Å². The van der Waals surface area contributed by atoms with Gasteiger partial charge in [-0.25, -0.2) is 9.97 Å². The number of nitrogens with zero attached hydrogens (tertiary/aromatic N) is 3. The number of imidazole rings is 1. The van der Waals surface area contributed by atoms with Crippen molar-refractivity contribution in [1.82, 2.24) is 14.5 Å². The molecule has 0 unspecified atom stereocenters. The molecule has 0 N–H and O–H groups in total. The fourth-order valence-corrected chi connectivity index (χ4v) is 1.96. The van der Waals surface area contributed by atoms with E-state index in [-0.39, 0.29) is 0 Å². The molecule has 0 aliphatic heterocycles. The van der Waals surface area contributed by atoms with Crippen molar-refractivity contribution in [3.8, 4) is 11.6 Å². The third kappa shape index (κ3) is 1.72. The molecule has 90 valence electrons. The minimum Gasteiger partial charge on any atom is -0.490 e. The van der Waals surface area contributed by atoms with E-state index in [2.05, 4.69) is 9.97 Å². The summed E-state index contributed by atoms with van der Waals surface area (Å²) in [6, 6.07) is 11.8. The highest BCUT2D eigenvalue weighted by atomic mass is 16.5. The summed E-state index contributed by atoms with van der Waals surface area (Å²) in [5.74, 6) is 1.54. The summed E-state index contributed by atoms with van der Waals surface area (Å²) in [6.45, 7) is 2.58. The van der Waals surface area contributed by atoms with Gasteiger partial charge in [-0.3, -0.25) is 4.57 Å². The van der Waals surface area contributed by atoms with Gasteiger partial charge >= 0.3 is 0 Å². The second-order valence-electron chi connectivity index (χ2n) is 3.86. The predicted molar refractivity (Wildman–Crippen MR) is 70.0 cm³/mol. The lowest BCUT2D eigenvalue weighted by Crippen LogP contribution is -2.01. The van der Waals surface area contributed by atoms with E-state index >= 15 is 0 Å². The fraction of sp³-hybridized carbons (Fsp3) is 0.143. The molecule has 0 aliphatic carbocycles. The first-order valence-corrected chi connectivity index (χ1v) is 5.90. The summed E-state index contributed by atoms with van der Waals surface area (Å²) in [5.41, 5.74) is 1.97. The summed E-state index contributed by atoms with van der Waals surface area (Å²) in [4.78, 5) is 8.75. The van der Waals surface area contributed by atoms with Gasteiger partial charge in [-0.1, -0.05) is 12.1 Å². The van der Waals surface area contributed by atoms with Gasteiger partial charge in [0.1, 0.15) is 6.33 Å². The van der Waals surface area contributed by atoms with Crippen LogP contribution in [0.5, 0.6) is 5.75 Å². The molecule has 0 saturated carbocycles. The zero-order valence-corrected chi connectivity index (χ0v) is 10.1. The number of rotatable bonds is 3. The number of para-hydroxylation sites is 2. The Bertz CT molecular complexity index is 675. The summed E-state index contributed by atoms with van der Waals surface area (Å²) in [7, 11) is 0. The molecule has 2 heterocycles. The van der Waals surface area contributed by atoms with Crippen LogP contribution in [0.4, 0.5) is 0 Å². The van der Waals surface area contributed by atoms with Crippen molar-refractivity contribution in [2.45, 2.75) is 6.92 Å². The summed E-state index contributed by atoms with van der Waals surface area (Å²) in [5, 5.41) is 0. The van der Waals surface area contributed by atoms with Crippen molar-refractivity contribution >= 4 is 11.0 Å². The van der Waals surface area contributed by atoms with Crippen LogP contribution in [0, 0.1) is 0 Å². The molecule has 0 atom stereocenters. The third-order valence-corrected chi connectivity index (χ3v) is 2.73. The van der Waals surface area contributed by atoms with E-state index in [1.165, 1.54) is 0 Å². The zero-order valence-electron chi connectivity index (χ0n) is 10.1. The Morgan fingerprint density at radius 1 is 1.11 bits per heavy atom. The monoisotopic (exact) mass is 239 g/mol. The molecule has 0 spiro atoms. The highest BCUT2D eigenvalue weighted by molar-refractivity contribution is 5.77. The second kappa shape index (κ2) is 4.49. The Morgan fingerprint density at radius 2 is 2.00 bits per heavy atom.